The molecular weight excluding hydrogens is 149 g/mol. The Labute approximate surface area is 65.8 Å². The molecule has 0 saturated carbocycles. The summed E-state index contributed by atoms with van der Waals surface area (Å²) < 4.78 is 0. The lowest BCUT2D eigenvalue weighted by molar-refractivity contribution is -0.139. The van der Waals surface area contributed by atoms with E-state index in [9.17, 15) is 9.59 Å². The van der Waals surface area contributed by atoms with Gasteiger partial charge in [0.2, 0.25) is 0 Å². The van der Waals surface area contributed by atoms with Crippen molar-refractivity contribution in [2.75, 3.05) is 0 Å². The average Bonchev–Trinajstić information content (AvgIpc) is 1.82. The van der Waals surface area contributed by atoms with Gasteiger partial charge in [-0.3, -0.25) is 9.59 Å². The molecule has 0 saturated heterocycles. The van der Waals surface area contributed by atoms with Crippen molar-refractivity contribution in [2.45, 2.75) is 18.9 Å². The van der Waals surface area contributed by atoms with E-state index in [1.54, 1.807) is 0 Å². The minimum absolute atomic E-state index is 0. The predicted molar refractivity (Wildman–Crippen MR) is 38.2 cm³/mol. The van der Waals surface area contributed by atoms with Crippen LogP contribution >= 0.6 is 0 Å². The maximum Gasteiger partial charge on any atom is 0.320 e. The predicted octanol–water partition coefficient (Wildman–Crippen LogP) is -1.12. The normalized spacial score (nSPS) is 11.4. The third kappa shape index (κ3) is 6.86. The highest BCUT2D eigenvalue weighted by Crippen LogP contribution is 1.93. The molecule has 0 aromatic carbocycles. The highest BCUT2D eigenvalue weighted by Gasteiger charge is 2.12. The van der Waals surface area contributed by atoms with Crippen LogP contribution in [0.2, 0.25) is 0 Å². The van der Waals surface area contributed by atoms with Crippen molar-refractivity contribution in [1.82, 2.24) is 0 Å². The topological polar surface area (TPSA) is 101 Å². The molecule has 5 nitrogen and oxygen atoms in total. The Balaban J connectivity index is 0. The van der Waals surface area contributed by atoms with Crippen molar-refractivity contribution < 1.29 is 19.8 Å². The summed E-state index contributed by atoms with van der Waals surface area (Å²) in [6.45, 7) is 0. The van der Waals surface area contributed by atoms with Gasteiger partial charge in [-0.05, 0) is 6.42 Å². The molecule has 0 heterocycles. The first kappa shape index (κ1) is 12.6. The van der Waals surface area contributed by atoms with E-state index in [2.05, 4.69) is 0 Å². The molecule has 0 aliphatic heterocycles. The van der Waals surface area contributed by atoms with Crippen molar-refractivity contribution >= 4 is 20.4 Å². The molecule has 0 aromatic rings. The summed E-state index contributed by atoms with van der Waals surface area (Å²) >= 11 is 0. The quantitative estimate of drug-likeness (QED) is 0.450. The van der Waals surface area contributed by atoms with E-state index in [4.69, 9.17) is 15.9 Å². The molecule has 0 aromatic heterocycles. The maximum atomic E-state index is 9.99. The van der Waals surface area contributed by atoms with Crippen molar-refractivity contribution in [1.29, 1.82) is 0 Å². The fourth-order valence-electron chi connectivity index (χ4n) is 0.402. The standard InChI is InChI=1S/C5H9NO4.B/c6-3(5(9)10)1-2-4(7)8;/h3H,1-2,6H2,(H,7,8)(H,9,10);. The van der Waals surface area contributed by atoms with Crippen LogP contribution in [0.25, 0.3) is 0 Å². The molecule has 3 radical (unpaired) electrons. The second-order valence-electron chi connectivity index (χ2n) is 1.88. The van der Waals surface area contributed by atoms with E-state index in [0.29, 0.717) is 0 Å². The Hall–Kier alpha value is -1.04. The highest BCUT2D eigenvalue weighted by atomic mass is 16.4. The van der Waals surface area contributed by atoms with E-state index in [1.165, 1.54) is 0 Å². The minimum Gasteiger partial charge on any atom is -0.481 e. The molecule has 0 aliphatic carbocycles. The van der Waals surface area contributed by atoms with E-state index in [1.807, 2.05) is 0 Å². The summed E-state index contributed by atoms with van der Waals surface area (Å²) in [5, 5.41) is 16.3. The van der Waals surface area contributed by atoms with Gasteiger partial charge in [0, 0.05) is 14.8 Å². The number of rotatable bonds is 4. The van der Waals surface area contributed by atoms with Gasteiger partial charge in [0.1, 0.15) is 6.04 Å². The monoisotopic (exact) mass is 158 g/mol. The van der Waals surface area contributed by atoms with Gasteiger partial charge in [0.25, 0.3) is 0 Å². The number of carbonyl (C=O) groups is 2. The summed E-state index contributed by atoms with van der Waals surface area (Å²) in [6.07, 6.45) is -0.224. The molecule has 1 atom stereocenters. The number of aliphatic carboxylic acids is 2. The summed E-state index contributed by atoms with van der Waals surface area (Å²) in [5.74, 6) is -2.20. The molecule has 61 valence electrons. The molecule has 0 rings (SSSR count). The van der Waals surface area contributed by atoms with Crippen LogP contribution < -0.4 is 5.73 Å². The molecule has 0 bridgehead atoms. The molecule has 0 fully saturated rings. The van der Waals surface area contributed by atoms with Gasteiger partial charge in [-0.25, -0.2) is 0 Å². The van der Waals surface area contributed by atoms with Crippen LogP contribution in [0.3, 0.4) is 0 Å². The van der Waals surface area contributed by atoms with Crippen molar-refractivity contribution in [3.8, 4) is 0 Å². The van der Waals surface area contributed by atoms with Crippen LogP contribution in [0.1, 0.15) is 12.8 Å². The third-order valence-electron chi connectivity index (χ3n) is 0.986. The van der Waals surface area contributed by atoms with Gasteiger partial charge in [-0.1, -0.05) is 0 Å². The Morgan fingerprint density at radius 1 is 1.36 bits per heavy atom. The molecule has 4 N–H and O–H groups in total. The molecular formula is C5H9BNO4. The smallest absolute Gasteiger partial charge is 0.320 e. The molecule has 0 spiro atoms. The summed E-state index contributed by atoms with van der Waals surface area (Å²) in [5.41, 5.74) is 5.00. The first-order chi connectivity index (χ1) is 4.54. The van der Waals surface area contributed by atoms with Crippen LogP contribution in [-0.4, -0.2) is 36.6 Å². The maximum absolute atomic E-state index is 9.99. The van der Waals surface area contributed by atoms with Gasteiger partial charge >= 0.3 is 11.9 Å². The second kappa shape index (κ2) is 5.73. The minimum atomic E-state index is -1.17. The lowest BCUT2D eigenvalue weighted by Gasteiger charge is -2.01. The highest BCUT2D eigenvalue weighted by molar-refractivity contribution is 5.75. The van der Waals surface area contributed by atoms with Crippen LogP contribution in [0, 0.1) is 0 Å². The van der Waals surface area contributed by atoms with Crippen LogP contribution in [0.15, 0.2) is 0 Å². The van der Waals surface area contributed by atoms with Crippen LogP contribution in [0.4, 0.5) is 0 Å². The Bertz CT molecular complexity index is 149. The molecule has 11 heavy (non-hydrogen) atoms. The van der Waals surface area contributed by atoms with Crippen LogP contribution in [-0.2, 0) is 9.59 Å². The number of nitrogens with two attached hydrogens (primary N) is 1. The zero-order valence-electron chi connectivity index (χ0n) is 5.86. The zero-order chi connectivity index (χ0) is 8.15. The summed E-state index contributed by atoms with van der Waals surface area (Å²) in [4.78, 5) is 19.9. The Morgan fingerprint density at radius 3 is 2.09 bits per heavy atom. The van der Waals surface area contributed by atoms with Gasteiger partial charge in [0.15, 0.2) is 0 Å². The molecule has 6 heteroatoms. The van der Waals surface area contributed by atoms with E-state index < -0.39 is 18.0 Å². The summed E-state index contributed by atoms with van der Waals surface area (Å²) in [6, 6.07) is -1.06. The lowest BCUT2D eigenvalue weighted by atomic mass is 10.2. The SMILES string of the molecule is NC(CCC(=O)O)C(=O)O.[B]. The van der Waals surface area contributed by atoms with E-state index in [0.717, 1.165) is 0 Å². The number of hydrogen-bond acceptors (Lipinski definition) is 3. The fraction of sp³-hybridized carbons (Fsp3) is 0.600. The van der Waals surface area contributed by atoms with Gasteiger partial charge in [-0.2, -0.15) is 0 Å². The molecule has 0 aliphatic rings. The van der Waals surface area contributed by atoms with E-state index >= 15 is 0 Å². The lowest BCUT2D eigenvalue weighted by Crippen LogP contribution is -2.30. The van der Waals surface area contributed by atoms with Gasteiger partial charge in [0.05, 0.1) is 0 Å². The molecule has 1 unspecified atom stereocenters. The Kier molecular flexibility index (Phi) is 6.57. The van der Waals surface area contributed by atoms with Gasteiger partial charge in [-0.15, -0.1) is 0 Å². The summed E-state index contributed by atoms with van der Waals surface area (Å²) in [7, 11) is 0. The zero-order valence-corrected chi connectivity index (χ0v) is 5.86. The largest absolute Gasteiger partial charge is 0.481 e. The Morgan fingerprint density at radius 2 is 1.82 bits per heavy atom. The first-order valence-electron chi connectivity index (χ1n) is 2.74. The second-order valence-corrected chi connectivity index (χ2v) is 1.88. The molecule has 0 amide bonds. The van der Waals surface area contributed by atoms with Gasteiger partial charge < -0.3 is 15.9 Å². The van der Waals surface area contributed by atoms with Crippen molar-refractivity contribution in [3.05, 3.63) is 0 Å². The first-order valence-corrected chi connectivity index (χ1v) is 2.74. The number of hydrogen-bond donors (Lipinski definition) is 3. The number of carboxylic acids is 2. The fourth-order valence-corrected chi connectivity index (χ4v) is 0.402. The van der Waals surface area contributed by atoms with Crippen molar-refractivity contribution in [3.63, 3.8) is 0 Å². The van der Waals surface area contributed by atoms with Crippen molar-refractivity contribution in [2.24, 2.45) is 5.73 Å². The third-order valence-corrected chi connectivity index (χ3v) is 0.986. The average molecular weight is 158 g/mol. The van der Waals surface area contributed by atoms with E-state index in [-0.39, 0.29) is 21.3 Å². The van der Waals surface area contributed by atoms with Crippen LogP contribution in [0.5, 0.6) is 0 Å². The number of carboxylic acid groups (broad SMARTS) is 2.